The van der Waals surface area contributed by atoms with Crippen molar-refractivity contribution >= 4 is 17.5 Å². The summed E-state index contributed by atoms with van der Waals surface area (Å²) in [7, 11) is 0. The van der Waals surface area contributed by atoms with Gasteiger partial charge >= 0.3 is 5.97 Å². The van der Waals surface area contributed by atoms with Crippen LogP contribution in [-0.2, 0) is 23.9 Å². The first-order valence-electron chi connectivity index (χ1n) is 15.1. The van der Waals surface area contributed by atoms with Gasteiger partial charge in [0.05, 0.1) is 18.3 Å². The van der Waals surface area contributed by atoms with Gasteiger partial charge in [0.15, 0.2) is 11.6 Å². The standard InChI is InChI=1S/C8H14O3.C6H8O2.C6H10O.C6H8O.C6H10/c1-6(9)11-8-5-3-2-4-7(8)10;7-4-2-1-3-5-6(4)8-5;2*7-6-4-2-1-3-5-6;1-2-4-6-5-3-1/h7-8,10H,2-5H2,1H3;5-6H,1-3H2;2,4,6-7H,1,3,5H2;2,4H,1,3,5H2;1-2H,3-6H2. The fourth-order valence-electron chi connectivity index (χ4n) is 4.94. The molecule has 1 saturated heterocycles. The number of hydrogen-bond acceptors (Lipinski definition) is 7. The van der Waals surface area contributed by atoms with E-state index >= 15 is 0 Å². The molecule has 7 nitrogen and oxygen atoms in total. The second kappa shape index (κ2) is 19.9. The van der Waals surface area contributed by atoms with Gasteiger partial charge in [0, 0.05) is 19.8 Å². The molecule has 0 bridgehead atoms. The van der Waals surface area contributed by atoms with Crippen molar-refractivity contribution in [2.45, 2.75) is 147 Å². The van der Waals surface area contributed by atoms with Gasteiger partial charge in [-0.3, -0.25) is 14.4 Å². The van der Waals surface area contributed by atoms with Gasteiger partial charge in [0.2, 0.25) is 0 Å². The van der Waals surface area contributed by atoms with Crippen molar-refractivity contribution in [2.24, 2.45) is 0 Å². The van der Waals surface area contributed by atoms with Crippen molar-refractivity contribution in [1.82, 2.24) is 0 Å². The predicted molar refractivity (Wildman–Crippen MR) is 152 cm³/mol. The van der Waals surface area contributed by atoms with Crippen molar-refractivity contribution in [3.8, 4) is 0 Å². The van der Waals surface area contributed by atoms with E-state index in [0.717, 1.165) is 83.5 Å². The first-order chi connectivity index (χ1) is 18.9. The van der Waals surface area contributed by atoms with Gasteiger partial charge in [-0.1, -0.05) is 36.8 Å². The number of hydrogen-bond donors (Lipinski definition) is 2. The lowest BCUT2D eigenvalue weighted by Crippen LogP contribution is -2.33. The van der Waals surface area contributed by atoms with Gasteiger partial charge in [-0.05, 0) is 96.0 Å². The van der Waals surface area contributed by atoms with E-state index in [9.17, 15) is 19.5 Å². The lowest BCUT2D eigenvalue weighted by molar-refractivity contribution is -0.154. The van der Waals surface area contributed by atoms with Crippen LogP contribution >= 0.6 is 0 Å². The quantitative estimate of drug-likeness (QED) is 0.241. The molecule has 6 rings (SSSR count). The molecule has 0 aromatic carbocycles. The number of rotatable bonds is 1. The van der Waals surface area contributed by atoms with E-state index in [2.05, 4.69) is 12.2 Å². The number of Topliss-reactive ketones (excluding diaryl/α,β-unsaturated/α-hetero) is 1. The van der Waals surface area contributed by atoms with Crippen LogP contribution < -0.4 is 0 Å². The molecule has 39 heavy (non-hydrogen) atoms. The molecule has 0 radical (unpaired) electrons. The Morgan fingerprint density at radius 2 is 1.49 bits per heavy atom. The zero-order valence-corrected chi connectivity index (χ0v) is 23.8. The Morgan fingerprint density at radius 3 is 1.90 bits per heavy atom. The summed E-state index contributed by atoms with van der Waals surface area (Å²) in [5.74, 6) is 0.309. The first kappa shape index (κ1) is 33.1. The van der Waals surface area contributed by atoms with E-state index in [1.54, 1.807) is 6.08 Å². The van der Waals surface area contributed by atoms with Crippen molar-refractivity contribution in [2.75, 3.05) is 0 Å². The molecule has 7 heteroatoms. The number of fused-ring (bicyclic) bond motifs is 1. The Labute approximate surface area is 234 Å². The molecule has 0 aromatic heterocycles. The van der Waals surface area contributed by atoms with Gasteiger partial charge in [0.1, 0.15) is 12.2 Å². The molecule has 3 fully saturated rings. The Morgan fingerprint density at radius 1 is 0.795 bits per heavy atom. The minimum Gasteiger partial charge on any atom is -0.460 e. The lowest BCUT2D eigenvalue weighted by Gasteiger charge is -2.26. The summed E-state index contributed by atoms with van der Waals surface area (Å²) in [4.78, 5) is 31.6. The van der Waals surface area contributed by atoms with Crippen LogP contribution in [0.2, 0.25) is 0 Å². The summed E-state index contributed by atoms with van der Waals surface area (Å²) in [6.07, 6.45) is 29.8. The molecule has 5 atom stereocenters. The maximum Gasteiger partial charge on any atom is 0.302 e. The monoisotopic (exact) mass is 546 g/mol. The van der Waals surface area contributed by atoms with Crippen LogP contribution in [0.1, 0.15) is 116 Å². The Kier molecular flexibility index (Phi) is 16.9. The third kappa shape index (κ3) is 15.9. The summed E-state index contributed by atoms with van der Waals surface area (Å²) in [6, 6.07) is 0. The van der Waals surface area contributed by atoms with Crippen LogP contribution in [-0.4, -0.2) is 58.3 Å². The van der Waals surface area contributed by atoms with Crippen LogP contribution in [0.25, 0.3) is 0 Å². The van der Waals surface area contributed by atoms with E-state index in [0.29, 0.717) is 11.9 Å². The minimum atomic E-state index is -0.437. The first-order valence-corrected chi connectivity index (χ1v) is 15.1. The summed E-state index contributed by atoms with van der Waals surface area (Å²) >= 11 is 0. The molecule has 0 amide bonds. The van der Waals surface area contributed by atoms with Crippen LogP contribution in [0, 0.1) is 0 Å². The predicted octanol–water partition coefficient (Wildman–Crippen LogP) is 5.86. The molecule has 5 aliphatic carbocycles. The molecule has 6 aliphatic rings. The van der Waals surface area contributed by atoms with Gasteiger partial charge in [-0.2, -0.15) is 0 Å². The topological polar surface area (TPSA) is 113 Å². The summed E-state index contributed by atoms with van der Waals surface area (Å²) in [6.45, 7) is 1.38. The van der Waals surface area contributed by atoms with Crippen molar-refractivity contribution < 1.29 is 34.1 Å². The second-order valence-corrected chi connectivity index (χ2v) is 10.9. The Bertz CT molecular complexity index is 807. The van der Waals surface area contributed by atoms with Gasteiger partial charge in [0.25, 0.3) is 0 Å². The Hall–Kier alpha value is -2.09. The average molecular weight is 547 g/mol. The van der Waals surface area contributed by atoms with Gasteiger partial charge in [-0.15, -0.1) is 0 Å². The maximum atomic E-state index is 10.7. The molecule has 2 N–H and O–H groups in total. The molecule has 2 saturated carbocycles. The van der Waals surface area contributed by atoms with E-state index < -0.39 is 6.10 Å². The molecule has 220 valence electrons. The van der Waals surface area contributed by atoms with Crippen LogP contribution in [0.4, 0.5) is 0 Å². The third-order valence-corrected chi connectivity index (χ3v) is 7.28. The maximum absolute atomic E-state index is 10.7. The largest absolute Gasteiger partial charge is 0.460 e. The number of carbonyl (C=O) groups is 3. The smallest absolute Gasteiger partial charge is 0.302 e. The SMILES string of the molecule is C1=CCCCC1.CC(=O)OC1CCCCC1O.O=C1C=CCCC1.O=C1CCCC2OC12.OC1C=CCCC1. The number of aliphatic hydroxyl groups is 2. The summed E-state index contributed by atoms with van der Waals surface area (Å²) < 4.78 is 9.96. The zero-order chi connectivity index (χ0) is 28.3. The highest BCUT2D eigenvalue weighted by molar-refractivity contribution is 5.90. The molecular weight excluding hydrogens is 496 g/mol. The molecule has 0 aromatic rings. The van der Waals surface area contributed by atoms with Crippen molar-refractivity contribution in [3.63, 3.8) is 0 Å². The van der Waals surface area contributed by atoms with E-state index in [1.807, 2.05) is 18.2 Å². The number of ether oxygens (including phenoxy) is 2. The summed E-state index contributed by atoms with van der Waals surface area (Å²) in [5, 5.41) is 18.2. The highest BCUT2D eigenvalue weighted by atomic mass is 16.6. The highest BCUT2D eigenvalue weighted by Gasteiger charge is 2.46. The second-order valence-electron chi connectivity index (χ2n) is 10.9. The van der Waals surface area contributed by atoms with Gasteiger partial charge in [-0.25, -0.2) is 0 Å². The van der Waals surface area contributed by atoms with Crippen molar-refractivity contribution in [1.29, 1.82) is 0 Å². The fraction of sp³-hybridized carbons (Fsp3) is 0.719. The van der Waals surface area contributed by atoms with Crippen LogP contribution in [0.3, 0.4) is 0 Å². The molecule has 5 unspecified atom stereocenters. The molecule has 1 heterocycles. The average Bonchev–Trinajstić information content (AvgIpc) is 3.75. The number of esters is 1. The fourth-order valence-corrected chi connectivity index (χ4v) is 4.94. The van der Waals surface area contributed by atoms with Crippen LogP contribution in [0.15, 0.2) is 36.5 Å². The van der Waals surface area contributed by atoms with Gasteiger partial charge < -0.3 is 19.7 Å². The van der Waals surface area contributed by atoms with E-state index in [-0.39, 0.29) is 30.1 Å². The number of ketones is 2. The Balaban J connectivity index is 0.000000174. The molecular formula is C32H50O7. The van der Waals surface area contributed by atoms with Crippen LogP contribution in [0.5, 0.6) is 0 Å². The zero-order valence-electron chi connectivity index (χ0n) is 23.8. The van der Waals surface area contributed by atoms with E-state index in [4.69, 9.17) is 14.6 Å². The minimum absolute atomic E-state index is 0.0312. The van der Waals surface area contributed by atoms with E-state index in [1.165, 1.54) is 32.6 Å². The normalized spacial score (nSPS) is 30.3. The molecule has 0 spiro atoms. The molecule has 1 aliphatic heterocycles. The number of epoxide rings is 1. The third-order valence-electron chi connectivity index (χ3n) is 7.28. The lowest BCUT2D eigenvalue weighted by atomic mass is 9.95. The number of aliphatic hydroxyl groups excluding tert-OH is 2. The number of allylic oxidation sites excluding steroid dienone is 5. The number of carbonyl (C=O) groups excluding carboxylic acids is 3. The van der Waals surface area contributed by atoms with Crippen molar-refractivity contribution in [3.05, 3.63) is 36.5 Å². The highest BCUT2D eigenvalue weighted by Crippen LogP contribution is 2.33. The summed E-state index contributed by atoms with van der Waals surface area (Å²) in [5.41, 5.74) is 0.